The average Bonchev–Trinajstić information content (AvgIpc) is 2.65. The standard InChI is InChI=1S/C13H17ClN2/c1-3-16-12-5-4-11(14)6-10(12)7-13(16)9(2)8-15/h4-7,9H,3,8,15H2,1-2H3. The fourth-order valence-corrected chi connectivity index (χ4v) is 2.33. The number of aryl methyl sites for hydroxylation is 1. The van der Waals surface area contributed by atoms with Crippen LogP contribution in [0.1, 0.15) is 25.5 Å². The monoisotopic (exact) mass is 236 g/mol. The van der Waals surface area contributed by atoms with E-state index in [4.69, 9.17) is 17.3 Å². The molecule has 0 radical (unpaired) electrons. The minimum absolute atomic E-state index is 0.381. The normalized spacial score (nSPS) is 13.2. The van der Waals surface area contributed by atoms with Gasteiger partial charge in [-0.05, 0) is 31.2 Å². The van der Waals surface area contributed by atoms with Crippen LogP contribution in [0, 0.1) is 0 Å². The van der Waals surface area contributed by atoms with Crippen molar-refractivity contribution in [2.24, 2.45) is 5.73 Å². The van der Waals surface area contributed by atoms with Gasteiger partial charge in [-0.3, -0.25) is 0 Å². The fraction of sp³-hybridized carbons (Fsp3) is 0.385. The number of nitrogens with two attached hydrogens (primary N) is 1. The summed E-state index contributed by atoms with van der Waals surface area (Å²) in [7, 11) is 0. The molecule has 0 bridgehead atoms. The molecule has 1 aromatic carbocycles. The number of hydrogen-bond acceptors (Lipinski definition) is 1. The molecule has 0 aliphatic heterocycles. The third kappa shape index (κ3) is 1.83. The Bertz CT molecular complexity index is 502. The van der Waals surface area contributed by atoms with Crippen LogP contribution in [-0.4, -0.2) is 11.1 Å². The lowest BCUT2D eigenvalue weighted by Crippen LogP contribution is -2.13. The summed E-state index contributed by atoms with van der Waals surface area (Å²) in [5.41, 5.74) is 8.27. The van der Waals surface area contributed by atoms with E-state index in [1.807, 2.05) is 12.1 Å². The van der Waals surface area contributed by atoms with E-state index < -0.39 is 0 Å². The molecule has 0 saturated carbocycles. The first-order valence-electron chi connectivity index (χ1n) is 5.66. The SMILES string of the molecule is CCn1c(C(C)CN)cc2cc(Cl)ccc21. The smallest absolute Gasteiger partial charge is 0.0483 e. The number of aromatic nitrogens is 1. The Balaban J connectivity index is 2.65. The van der Waals surface area contributed by atoms with Gasteiger partial charge in [0.05, 0.1) is 0 Å². The second kappa shape index (κ2) is 4.48. The highest BCUT2D eigenvalue weighted by atomic mass is 35.5. The number of fused-ring (bicyclic) bond motifs is 1. The van der Waals surface area contributed by atoms with Gasteiger partial charge in [-0.25, -0.2) is 0 Å². The average molecular weight is 237 g/mol. The zero-order valence-corrected chi connectivity index (χ0v) is 10.5. The molecule has 2 aromatic rings. The summed E-state index contributed by atoms with van der Waals surface area (Å²) in [5.74, 6) is 0.381. The summed E-state index contributed by atoms with van der Waals surface area (Å²) < 4.78 is 2.31. The van der Waals surface area contributed by atoms with Crippen molar-refractivity contribution in [3.8, 4) is 0 Å². The Morgan fingerprint density at radius 1 is 1.38 bits per heavy atom. The molecule has 2 N–H and O–H groups in total. The third-order valence-corrected chi connectivity index (χ3v) is 3.31. The van der Waals surface area contributed by atoms with Gasteiger partial charge in [0.1, 0.15) is 0 Å². The van der Waals surface area contributed by atoms with Crippen LogP contribution in [0.5, 0.6) is 0 Å². The summed E-state index contributed by atoms with van der Waals surface area (Å²) in [6.07, 6.45) is 0. The van der Waals surface area contributed by atoms with Crippen LogP contribution in [0.15, 0.2) is 24.3 Å². The predicted molar refractivity (Wildman–Crippen MR) is 70.1 cm³/mol. The molecule has 0 amide bonds. The van der Waals surface area contributed by atoms with Crippen molar-refractivity contribution in [2.75, 3.05) is 6.54 Å². The summed E-state index contributed by atoms with van der Waals surface area (Å²) in [6, 6.07) is 8.22. The van der Waals surface area contributed by atoms with Crippen molar-refractivity contribution >= 4 is 22.5 Å². The van der Waals surface area contributed by atoms with Gasteiger partial charge in [-0.15, -0.1) is 0 Å². The molecule has 16 heavy (non-hydrogen) atoms. The molecule has 1 unspecified atom stereocenters. The van der Waals surface area contributed by atoms with Crippen LogP contribution in [0.2, 0.25) is 5.02 Å². The molecule has 0 fully saturated rings. The number of halogens is 1. The minimum Gasteiger partial charge on any atom is -0.345 e. The second-order valence-corrected chi connectivity index (χ2v) is 4.59. The van der Waals surface area contributed by atoms with Gasteiger partial charge in [0.15, 0.2) is 0 Å². The number of nitrogens with zero attached hydrogens (tertiary/aromatic N) is 1. The summed E-state index contributed by atoms with van der Waals surface area (Å²) in [4.78, 5) is 0. The highest BCUT2D eigenvalue weighted by Crippen LogP contribution is 2.27. The molecular formula is C13H17ClN2. The van der Waals surface area contributed by atoms with Crippen molar-refractivity contribution in [2.45, 2.75) is 26.3 Å². The molecule has 2 nitrogen and oxygen atoms in total. The zero-order chi connectivity index (χ0) is 11.7. The number of hydrogen-bond donors (Lipinski definition) is 1. The zero-order valence-electron chi connectivity index (χ0n) is 9.70. The molecule has 2 rings (SSSR count). The lowest BCUT2D eigenvalue weighted by atomic mass is 10.1. The first kappa shape index (κ1) is 11.5. The van der Waals surface area contributed by atoms with Crippen molar-refractivity contribution < 1.29 is 0 Å². The topological polar surface area (TPSA) is 30.9 Å². The largest absolute Gasteiger partial charge is 0.345 e. The molecule has 1 atom stereocenters. The second-order valence-electron chi connectivity index (χ2n) is 4.15. The van der Waals surface area contributed by atoms with Gasteiger partial charge in [0, 0.05) is 40.6 Å². The van der Waals surface area contributed by atoms with Crippen LogP contribution in [0.4, 0.5) is 0 Å². The van der Waals surface area contributed by atoms with E-state index in [2.05, 4.69) is 30.5 Å². The Morgan fingerprint density at radius 3 is 2.75 bits per heavy atom. The van der Waals surface area contributed by atoms with Crippen molar-refractivity contribution in [1.29, 1.82) is 0 Å². The van der Waals surface area contributed by atoms with Crippen LogP contribution in [-0.2, 0) is 6.54 Å². The van der Waals surface area contributed by atoms with Gasteiger partial charge >= 0.3 is 0 Å². The first-order chi connectivity index (χ1) is 7.67. The van der Waals surface area contributed by atoms with Crippen molar-refractivity contribution in [3.05, 3.63) is 35.0 Å². The van der Waals surface area contributed by atoms with E-state index in [0.717, 1.165) is 11.6 Å². The van der Waals surface area contributed by atoms with E-state index in [9.17, 15) is 0 Å². The Morgan fingerprint density at radius 2 is 2.12 bits per heavy atom. The number of rotatable bonds is 3. The van der Waals surface area contributed by atoms with E-state index in [1.54, 1.807) is 0 Å². The summed E-state index contributed by atoms with van der Waals surface area (Å²) >= 11 is 6.00. The Hall–Kier alpha value is -0.990. The van der Waals surface area contributed by atoms with Crippen LogP contribution in [0.25, 0.3) is 10.9 Å². The van der Waals surface area contributed by atoms with E-state index in [-0.39, 0.29) is 0 Å². The molecule has 1 aromatic heterocycles. The molecule has 0 saturated heterocycles. The van der Waals surface area contributed by atoms with Gasteiger partial charge in [-0.2, -0.15) is 0 Å². The summed E-state index contributed by atoms with van der Waals surface area (Å²) in [5, 5.41) is 1.98. The molecular weight excluding hydrogens is 220 g/mol. The molecule has 86 valence electrons. The van der Waals surface area contributed by atoms with E-state index in [0.29, 0.717) is 12.5 Å². The maximum atomic E-state index is 6.00. The van der Waals surface area contributed by atoms with Gasteiger partial charge in [0.2, 0.25) is 0 Å². The van der Waals surface area contributed by atoms with Crippen LogP contribution < -0.4 is 5.73 Å². The number of benzene rings is 1. The highest BCUT2D eigenvalue weighted by molar-refractivity contribution is 6.31. The van der Waals surface area contributed by atoms with Crippen LogP contribution >= 0.6 is 11.6 Å². The maximum absolute atomic E-state index is 6.00. The molecule has 1 heterocycles. The quantitative estimate of drug-likeness (QED) is 0.870. The lowest BCUT2D eigenvalue weighted by Gasteiger charge is -2.12. The highest BCUT2D eigenvalue weighted by Gasteiger charge is 2.12. The predicted octanol–water partition coefficient (Wildman–Crippen LogP) is 3.38. The van der Waals surface area contributed by atoms with Crippen molar-refractivity contribution in [3.63, 3.8) is 0 Å². The van der Waals surface area contributed by atoms with Crippen LogP contribution in [0.3, 0.4) is 0 Å². The van der Waals surface area contributed by atoms with Gasteiger partial charge in [-0.1, -0.05) is 18.5 Å². The minimum atomic E-state index is 0.381. The molecule has 0 spiro atoms. The molecule has 3 heteroatoms. The Kier molecular flexibility index (Phi) is 3.22. The van der Waals surface area contributed by atoms with Gasteiger partial charge in [0.25, 0.3) is 0 Å². The van der Waals surface area contributed by atoms with E-state index >= 15 is 0 Å². The van der Waals surface area contributed by atoms with E-state index in [1.165, 1.54) is 16.6 Å². The molecule has 0 aliphatic rings. The lowest BCUT2D eigenvalue weighted by molar-refractivity contribution is 0.661. The third-order valence-electron chi connectivity index (χ3n) is 3.07. The fourth-order valence-electron chi connectivity index (χ4n) is 2.15. The van der Waals surface area contributed by atoms with Crippen molar-refractivity contribution in [1.82, 2.24) is 4.57 Å². The summed E-state index contributed by atoms with van der Waals surface area (Å²) in [6.45, 7) is 5.94. The maximum Gasteiger partial charge on any atom is 0.0483 e. The first-order valence-corrected chi connectivity index (χ1v) is 6.04. The Labute approximate surface area is 101 Å². The molecule has 0 aliphatic carbocycles. The van der Waals surface area contributed by atoms with Gasteiger partial charge < -0.3 is 10.3 Å².